The number of carbonyl (C=O) groups excluding carboxylic acids is 1. The zero-order chi connectivity index (χ0) is 17.0. The first-order valence-electron chi connectivity index (χ1n) is 8.03. The number of amides is 1. The number of fused-ring (bicyclic) bond motifs is 1. The van der Waals surface area contributed by atoms with Crippen LogP contribution in [0.4, 0.5) is 0 Å². The monoisotopic (exact) mass is 316 g/mol. The zero-order valence-corrected chi connectivity index (χ0v) is 13.9. The fourth-order valence-corrected chi connectivity index (χ4v) is 2.96. The third-order valence-electron chi connectivity index (χ3n) is 4.26. The average molecular weight is 316 g/mol. The van der Waals surface area contributed by atoms with Crippen molar-refractivity contribution in [2.75, 3.05) is 0 Å². The van der Waals surface area contributed by atoms with E-state index in [0.29, 0.717) is 12.8 Å². The summed E-state index contributed by atoms with van der Waals surface area (Å²) in [4.78, 5) is 27.0. The molecule has 124 valence electrons. The molecular weight excluding hydrogens is 292 g/mol. The van der Waals surface area contributed by atoms with Gasteiger partial charge in [-0.25, -0.2) is 4.79 Å². The molecule has 23 heavy (non-hydrogen) atoms. The van der Waals surface area contributed by atoms with Gasteiger partial charge >= 0.3 is 5.97 Å². The average Bonchev–Trinajstić information content (AvgIpc) is 2.90. The molecule has 2 rings (SSSR count). The maximum atomic E-state index is 12.3. The van der Waals surface area contributed by atoms with Gasteiger partial charge in [0.1, 0.15) is 5.54 Å². The second-order valence-electron chi connectivity index (χ2n) is 6.12. The highest BCUT2D eigenvalue weighted by atomic mass is 16.4. The molecule has 0 aliphatic rings. The summed E-state index contributed by atoms with van der Waals surface area (Å²) >= 11 is 0. The fourth-order valence-electron chi connectivity index (χ4n) is 2.96. The molecule has 1 aromatic carbocycles. The number of aryl methyl sites for hydroxylation is 1. The smallest absolute Gasteiger partial charge is 0.329 e. The number of para-hydroxylation sites is 1. The Morgan fingerprint density at radius 2 is 2.00 bits per heavy atom. The Hall–Kier alpha value is -2.30. The Balaban J connectivity index is 2.19. The number of aromatic amines is 1. The number of rotatable bonds is 7. The van der Waals surface area contributed by atoms with Crippen molar-refractivity contribution >= 4 is 22.8 Å². The van der Waals surface area contributed by atoms with Crippen molar-refractivity contribution in [1.29, 1.82) is 0 Å². The number of hydrogen-bond acceptors (Lipinski definition) is 2. The predicted molar refractivity (Wildman–Crippen MR) is 90.5 cm³/mol. The number of benzene rings is 1. The van der Waals surface area contributed by atoms with E-state index in [9.17, 15) is 14.7 Å². The van der Waals surface area contributed by atoms with Gasteiger partial charge in [-0.2, -0.15) is 0 Å². The van der Waals surface area contributed by atoms with E-state index in [2.05, 4.69) is 23.3 Å². The first-order valence-corrected chi connectivity index (χ1v) is 8.03. The Morgan fingerprint density at radius 1 is 1.26 bits per heavy atom. The van der Waals surface area contributed by atoms with E-state index in [0.717, 1.165) is 22.9 Å². The number of H-pyrrole nitrogens is 1. The lowest BCUT2D eigenvalue weighted by atomic mass is 9.95. The van der Waals surface area contributed by atoms with Gasteiger partial charge in [0, 0.05) is 17.1 Å². The van der Waals surface area contributed by atoms with E-state index < -0.39 is 11.5 Å². The molecular formula is C18H24N2O3. The van der Waals surface area contributed by atoms with E-state index in [4.69, 9.17) is 0 Å². The molecule has 0 radical (unpaired) electrons. The molecule has 0 bridgehead atoms. The van der Waals surface area contributed by atoms with Crippen LogP contribution in [0, 0.1) is 0 Å². The molecule has 1 atom stereocenters. The number of carboxylic acids is 1. The second kappa shape index (κ2) is 6.86. The second-order valence-corrected chi connectivity index (χ2v) is 6.12. The minimum Gasteiger partial charge on any atom is -0.480 e. The summed E-state index contributed by atoms with van der Waals surface area (Å²) in [5.74, 6) is -1.27. The van der Waals surface area contributed by atoms with Gasteiger partial charge in [-0.15, -0.1) is 0 Å². The molecule has 3 N–H and O–H groups in total. The summed E-state index contributed by atoms with van der Waals surface area (Å²) in [5.41, 5.74) is 1.92. The summed E-state index contributed by atoms with van der Waals surface area (Å²) < 4.78 is 0. The van der Waals surface area contributed by atoms with E-state index in [-0.39, 0.29) is 12.3 Å². The predicted octanol–water partition coefficient (Wildman–Crippen LogP) is 3.03. The molecule has 1 aromatic heterocycles. The van der Waals surface area contributed by atoms with Crippen molar-refractivity contribution in [2.45, 2.75) is 52.0 Å². The van der Waals surface area contributed by atoms with Gasteiger partial charge in [0.05, 0.1) is 6.42 Å². The van der Waals surface area contributed by atoms with Gasteiger partial charge < -0.3 is 15.4 Å². The molecule has 1 amide bonds. The molecule has 5 nitrogen and oxygen atoms in total. The Kier molecular flexibility index (Phi) is 5.08. The summed E-state index contributed by atoms with van der Waals surface area (Å²) in [6, 6.07) is 6.02. The molecule has 0 aliphatic heterocycles. The van der Waals surface area contributed by atoms with Crippen molar-refractivity contribution in [1.82, 2.24) is 10.3 Å². The number of aliphatic carboxylic acids is 1. The molecule has 1 unspecified atom stereocenters. The van der Waals surface area contributed by atoms with Crippen molar-refractivity contribution in [3.63, 3.8) is 0 Å². The lowest BCUT2D eigenvalue weighted by Gasteiger charge is -2.25. The minimum atomic E-state index is -1.22. The first-order chi connectivity index (χ1) is 10.9. The van der Waals surface area contributed by atoms with Crippen LogP contribution in [0.2, 0.25) is 0 Å². The SMILES string of the molecule is CCCC(C)(NC(=O)Cc1c[nH]c2c(CC)cccc12)C(=O)O. The van der Waals surface area contributed by atoms with Crippen LogP contribution in [-0.2, 0) is 22.4 Å². The number of aromatic nitrogens is 1. The maximum absolute atomic E-state index is 12.3. The Bertz CT molecular complexity index is 720. The highest BCUT2D eigenvalue weighted by Crippen LogP contribution is 2.23. The van der Waals surface area contributed by atoms with Crippen molar-refractivity contribution in [2.24, 2.45) is 0 Å². The van der Waals surface area contributed by atoms with Crippen LogP contribution in [-0.4, -0.2) is 27.5 Å². The van der Waals surface area contributed by atoms with Crippen molar-refractivity contribution in [3.05, 3.63) is 35.5 Å². The summed E-state index contributed by atoms with van der Waals surface area (Å²) in [6.07, 6.45) is 4.01. The van der Waals surface area contributed by atoms with Crippen LogP contribution in [0.5, 0.6) is 0 Å². The van der Waals surface area contributed by atoms with Crippen LogP contribution >= 0.6 is 0 Å². The third-order valence-corrected chi connectivity index (χ3v) is 4.26. The van der Waals surface area contributed by atoms with E-state index in [1.165, 1.54) is 5.56 Å². The summed E-state index contributed by atoms with van der Waals surface area (Å²) in [7, 11) is 0. The molecule has 0 spiro atoms. The molecule has 0 aliphatic carbocycles. The largest absolute Gasteiger partial charge is 0.480 e. The molecule has 0 saturated carbocycles. The van der Waals surface area contributed by atoms with E-state index >= 15 is 0 Å². The van der Waals surface area contributed by atoms with Crippen LogP contribution in [0.1, 0.15) is 44.7 Å². The number of nitrogens with one attached hydrogen (secondary N) is 2. The quantitative estimate of drug-likeness (QED) is 0.734. The third kappa shape index (κ3) is 3.55. The van der Waals surface area contributed by atoms with Gasteiger partial charge in [0.2, 0.25) is 5.91 Å². The van der Waals surface area contributed by atoms with Crippen molar-refractivity contribution in [3.8, 4) is 0 Å². The topological polar surface area (TPSA) is 82.2 Å². The first kappa shape index (κ1) is 17.1. The minimum absolute atomic E-state index is 0.166. The fraction of sp³-hybridized carbons (Fsp3) is 0.444. The lowest BCUT2D eigenvalue weighted by molar-refractivity contribution is -0.147. The lowest BCUT2D eigenvalue weighted by Crippen LogP contribution is -2.52. The highest BCUT2D eigenvalue weighted by molar-refractivity contribution is 5.92. The van der Waals surface area contributed by atoms with Crippen molar-refractivity contribution < 1.29 is 14.7 Å². The van der Waals surface area contributed by atoms with E-state index in [1.54, 1.807) is 6.92 Å². The van der Waals surface area contributed by atoms with Gasteiger partial charge in [-0.1, -0.05) is 38.5 Å². The number of carbonyl (C=O) groups is 2. The molecule has 5 heteroatoms. The van der Waals surface area contributed by atoms with Crippen LogP contribution in [0.15, 0.2) is 24.4 Å². The number of carboxylic acid groups (broad SMARTS) is 1. The van der Waals surface area contributed by atoms with Crippen LogP contribution in [0.3, 0.4) is 0 Å². The molecule has 2 aromatic rings. The van der Waals surface area contributed by atoms with Gasteiger partial charge in [-0.3, -0.25) is 4.79 Å². The van der Waals surface area contributed by atoms with Gasteiger partial charge in [0.15, 0.2) is 0 Å². The maximum Gasteiger partial charge on any atom is 0.329 e. The van der Waals surface area contributed by atoms with Gasteiger partial charge in [-0.05, 0) is 30.9 Å². The Morgan fingerprint density at radius 3 is 2.61 bits per heavy atom. The molecule has 0 fully saturated rings. The zero-order valence-electron chi connectivity index (χ0n) is 13.9. The Labute approximate surface area is 136 Å². The van der Waals surface area contributed by atoms with Crippen LogP contribution < -0.4 is 5.32 Å². The number of hydrogen-bond donors (Lipinski definition) is 3. The standard InChI is InChI=1S/C18H24N2O3/c1-4-9-18(3,17(22)23)20-15(21)10-13-11-19-16-12(5-2)7-6-8-14(13)16/h6-8,11,19H,4-5,9-10H2,1-3H3,(H,20,21)(H,22,23). The summed E-state index contributed by atoms with van der Waals surface area (Å²) in [5, 5.41) is 13.1. The molecule has 0 saturated heterocycles. The van der Waals surface area contributed by atoms with Crippen LogP contribution in [0.25, 0.3) is 10.9 Å². The summed E-state index contributed by atoms with van der Waals surface area (Å²) in [6.45, 7) is 5.55. The van der Waals surface area contributed by atoms with E-state index in [1.807, 2.05) is 25.3 Å². The molecule has 1 heterocycles. The normalized spacial score (nSPS) is 13.7. The highest BCUT2D eigenvalue weighted by Gasteiger charge is 2.33. The van der Waals surface area contributed by atoms with Gasteiger partial charge in [0.25, 0.3) is 0 Å².